The summed E-state index contributed by atoms with van der Waals surface area (Å²) < 4.78 is 5.33. The van der Waals surface area contributed by atoms with E-state index in [1.54, 1.807) is 0 Å². The summed E-state index contributed by atoms with van der Waals surface area (Å²) in [6.07, 6.45) is -0.595. The monoisotopic (exact) mass is 245 g/mol. The summed E-state index contributed by atoms with van der Waals surface area (Å²) in [7, 11) is 1.50. The molecule has 90 valence electrons. The Morgan fingerprint density at radius 2 is 2.19 bits per heavy atom. The maximum atomic E-state index is 9.43. The van der Waals surface area contributed by atoms with Gasteiger partial charge in [-0.15, -0.1) is 0 Å². The second-order valence-electron chi connectivity index (χ2n) is 3.31. The fourth-order valence-electron chi connectivity index (χ4n) is 1.16. The summed E-state index contributed by atoms with van der Waals surface area (Å²) in [5.74, 6) is 0. The van der Waals surface area contributed by atoms with Crippen LogP contribution in [0.25, 0.3) is 0 Å². The maximum Gasteiger partial charge on any atom is 0.0921 e. The number of hydrogen-bond donors (Lipinski definition) is 2. The Morgan fingerprint density at radius 1 is 1.44 bits per heavy atom. The van der Waals surface area contributed by atoms with E-state index >= 15 is 0 Å². The predicted molar refractivity (Wildman–Crippen MR) is 62.1 cm³/mol. The van der Waals surface area contributed by atoms with Crippen molar-refractivity contribution in [3.05, 3.63) is 34.9 Å². The molecule has 5 heteroatoms. The molecule has 0 fully saturated rings. The Hall–Kier alpha value is -0.650. The summed E-state index contributed by atoms with van der Waals surface area (Å²) in [5, 5.41) is 10.1. The van der Waals surface area contributed by atoms with Crippen molar-refractivity contribution in [3.8, 4) is 0 Å². The highest BCUT2D eigenvalue weighted by Crippen LogP contribution is 2.15. The van der Waals surface area contributed by atoms with E-state index in [9.17, 15) is 5.11 Å². The average Bonchev–Trinajstić information content (AvgIpc) is 2.29. The molecule has 0 amide bonds. The van der Waals surface area contributed by atoms with Crippen LogP contribution in [0.3, 0.4) is 0 Å². The van der Waals surface area contributed by atoms with Crippen molar-refractivity contribution in [1.29, 1.82) is 0 Å². The van der Waals surface area contributed by atoms with Crippen LogP contribution in [0.2, 0.25) is 5.02 Å². The fraction of sp³-hybridized carbons (Fsp3) is 0.455. The molecule has 0 saturated carbocycles. The van der Waals surface area contributed by atoms with E-state index in [0.717, 1.165) is 5.56 Å². The molecule has 0 bridgehead atoms. The lowest BCUT2D eigenvalue weighted by Gasteiger charge is -2.11. The van der Waals surface area contributed by atoms with Gasteiger partial charge in [-0.25, -0.2) is 5.48 Å². The largest absolute Gasteiger partial charge is 0.389 e. The molecule has 0 aliphatic heterocycles. The van der Waals surface area contributed by atoms with Crippen molar-refractivity contribution >= 4 is 11.6 Å². The number of aliphatic hydroxyl groups is 1. The highest BCUT2D eigenvalue weighted by Gasteiger charge is 2.04. The van der Waals surface area contributed by atoms with Crippen molar-refractivity contribution < 1.29 is 14.7 Å². The maximum absolute atomic E-state index is 9.43. The van der Waals surface area contributed by atoms with Crippen molar-refractivity contribution in [1.82, 2.24) is 5.48 Å². The van der Waals surface area contributed by atoms with E-state index in [-0.39, 0.29) is 6.61 Å². The van der Waals surface area contributed by atoms with Crippen molar-refractivity contribution in [3.63, 3.8) is 0 Å². The van der Waals surface area contributed by atoms with Gasteiger partial charge in [-0.3, -0.25) is 0 Å². The van der Waals surface area contributed by atoms with Gasteiger partial charge in [0.2, 0.25) is 0 Å². The second kappa shape index (κ2) is 7.60. The summed E-state index contributed by atoms with van der Waals surface area (Å²) in [6, 6.07) is 7.46. The summed E-state index contributed by atoms with van der Waals surface area (Å²) in [5.41, 5.74) is 3.47. The van der Waals surface area contributed by atoms with Gasteiger partial charge < -0.3 is 14.7 Å². The van der Waals surface area contributed by atoms with E-state index in [0.29, 0.717) is 18.2 Å². The quantitative estimate of drug-likeness (QED) is 0.713. The molecule has 0 radical (unpaired) electrons. The Morgan fingerprint density at radius 3 is 2.88 bits per heavy atom. The predicted octanol–water partition coefficient (Wildman–Crippen LogP) is 1.37. The third-order valence-corrected chi connectivity index (χ3v) is 2.36. The molecule has 0 aliphatic carbocycles. The Kier molecular flexibility index (Phi) is 6.37. The van der Waals surface area contributed by atoms with Crippen LogP contribution < -0.4 is 5.48 Å². The zero-order valence-electron chi connectivity index (χ0n) is 9.15. The molecule has 0 aromatic heterocycles. The van der Waals surface area contributed by atoms with Crippen molar-refractivity contribution in [2.24, 2.45) is 0 Å². The number of ether oxygens (including phenoxy) is 1. The molecule has 1 aromatic rings. The molecule has 1 rings (SSSR count). The van der Waals surface area contributed by atoms with Gasteiger partial charge in [-0.05, 0) is 11.6 Å². The fourth-order valence-corrected chi connectivity index (χ4v) is 1.35. The van der Waals surface area contributed by atoms with Crippen LogP contribution in [-0.2, 0) is 16.2 Å². The molecule has 1 unspecified atom stereocenters. The number of rotatable bonds is 7. The molecule has 0 aliphatic rings. The number of aliphatic hydroxyl groups excluding tert-OH is 1. The van der Waals surface area contributed by atoms with Crippen LogP contribution in [0, 0.1) is 0 Å². The van der Waals surface area contributed by atoms with Gasteiger partial charge in [0.1, 0.15) is 0 Å². The number of halogens is 1. The number of benzene rings is 1. The zero-order chi connectivity index (χ0) is 11.8. The van der Waals surface area contributed by atoms with Crippen LogP contribution in [-0.4, -0.2) is 31.5 Å². The van der Waals surface area contributed by atoms with E-state index in [1.165, 1.54) is 7.11 Å². The first kappa shape index (κ1) is 13.4. The van der Waals surface area contributed by atoms with Crippen LogP contribution >= 0.6 is 11.6 Å². The first-order valence-electron chi connectivity index (χ1n) is 4.99. The molecule has 16 heavy (non-hydrogen) atoms. The standard InChI is InChI=1S/C11H16ClNO3/c1-15-13-6-10(14)8-16-7-9-4-2-3-5-11(9)12/h2-5,10,13-14H,6-8H2,1H3. The summed E-state index contributed by atoms with van der Waals surface area (Å²) >= 11 is 5.95. The molecule has 2 N–H and O–H groups in total. The molecule has 0 heterocycles. The summed E-state index contributed by atoms with van der Waals surface area (Å²) in [4.78, 5) is 4.61. The second-order valence-corrected chi connectivity index (χ2v) is 3.72. The van der Waals surface area contributed by atoms with Crippen LogP contribution in [0.15, 0.2) is 24.3 Å². The highest BCUT2D eigenvalue weighted by atomic mass is 35.5. The normalized spacial score (nSPS) is 12.7. The number of hydrogen-bond acceptors (Lipinski definition) is 4. The smallest absolute Gasteiger partial charge is 0.0921 e. The van der Waals surface area contributed by atoms with Gasteiger partial charge in [0.15, 0.2) is 0 Å². The first-order valence-corrected chi connectivity index (χ1v) is 5.37. The average molecular weight is 246 g/mol. The summed E-state index contributed by atoms with van der Waals surface area (Å²) in [6.45, 7) is 0.963. The van der Waals surface area contributed by atoms with E-state index in [4.69, 9.17) is 16.3 Å². The van der Waals surface area contributed by atoms with Crippen LogP contribution in [0.5, 0.6) is 0 Å². The lowest BCUT2D eigenvalue weighted by molar-refractivity contribution is -0.00268. The molecular weight excluding hydrogens is 230 g/mol. The zero-order valence-corrected chi connectivity index (χ0v) is 9.91. The molecule has 1 atom stereocenters. The van der Waals surface area contributed by atoms with Gasteiger partial charge in [0.05, 0.1) is 26.4 Å². The number of nitrogens with one attached hydrogen (secondary N) is 1. The third kappa shape index (κ3) is 4.92. The molecular formula is C11H16ClNO3. The van der Waals surface area contributed by atoms with Gasteiger partial charge in [0, 0.05) is 11.6 Å². The van der Waals surface area contributed by atoms with Gasteiger partial charge in [-0.1, -0.05) is 29.8 Å². The first-order chi connectivity index (χ1) is 7.74. The Bertz CT molecular complexity index is 309. The van der Waals surface area contributed by atoms with Crippen molar-refractivity contribution in [2.45, 2.75) is 12.7 Å². The SMILES string of the molecule is CONCC(O)COCc1ccccc1Cl. The lowest BCUT2D eigenvalue weighted by Crippen LogP contribution is -2.29. The molecule has 1 aromatic carbocycles. The molecule has 0 spiro atoms. The van der Waals surface area contributed by atoms with Crippen molar-refractivity contribution in [2.75, 3.05) is 20.3 Å². The Labute approximate surface area is 100 Å². The minimum absolute atomic E-state index is 0.238. The van der Waals surface area contributed by atoms with Crippen LogP contribution in [0.4, 0.5) is 0 Å². The minimum atomic E-state index is -0.595. The highest BCUT2D eigenvalue weighted by molar-refractivity contribution is 6.31. The number of hydroxylamine groups is 1. The van der Waals surface area contributed by atoms with Gasteiger partial charge >= 0.3 is 0 Å². The van der Waals surface area contributed by atoms with Gasteiger partial charge in [0.25, 0.3) is 0 Å². The van der Waals surface area contributed by atoms with Gasteiger partial charge in [-0.2, -0.15) is 0 Å². The minimum Gasteiger partial charge on any atom is -0.389 e. The topological polar surface area (TPSA) is 50.7 Å². The Balaban J connectivity index is 2.23. The lowest BCUT2D eigenvalue weighted by atomic mass is 10.2. The molecule has 0 saturated heterocycles. The van der Waals surface area contributed by atoms with Crippen LogP contribution in [0.1, 0.15) is 5.56 Å². The third-order valence-electron chi connectivity index (χ3n) is 1.99. The van der Waals surface area contributed by atoms with E-state index in [1.807, 2.05) is 24.3 Å². The van der Waals surface area contributed by atoms with E-state index < -0.39 is 6.10 Å². The van der Waals surface area contributed by atoms with E-state index in [2.05, 4.69) is 10.3 Å². The molecule has 4 nitrogen and oxygen atoms in total.